The number of hydrogen-bond acceptors (Lipinski definition) is 2. The number of quaternary nitrogens is 1. The minimum absolute atomic E-state index is 0.262. The second-order valence-electron chi connectivity index (χ2n) is 5.68. The first kappa shape index (κ1) is 15.3. The normalized spacial score (nSPS) is 12.0. The first-order valence-corrected chi connectivity index (χ1v) is 7.74. The number of esters is 1. The third kappa shape index (κ3) is 3.96. The highest BCUT2D eigenvalue weighted by Crippen LogP contribution is 2.16. The summed E-state index contributed by atoms with van der Waals surface area (Å²) in [4.78, 5) is 12.1. The monoisotopic (exact) mass is 306 g/mol. The van der Waals surface area contributed by atoms with E-state index in [0.29, 0.717) is 13.0 Å². The third-order valence-electron chi connectivity index (χ3n) is 3.85. The number of ether oxygens (including phenoxy) is 1. The van der Waals surface area contributed by atoms with Gasteiger partial charge in [0.05, 0.1) is 0 Å². The molecule has 0 heterocycles. The van der Waals surface area contributed by atoms with Gasteiger partial charge in [-0.2, -0.15) is 0 Å². The molecule has 0 unspecified atom stereocenters. The lowest BCUT2D eigenvalue weighted by atomic mass is 10.0. The van der Waals surface area contributed by atoms with Crippen LogP contribution in [0.15, 0.2) is 72.8 Å². The van der Waals surface area contributed by atoms with Crippen LogP contribution in [0.3, 0.4) is 0 Å². The van der Waals surface area contributed by atoms with Gasteiger partial charge < -0.3 is 10.5 Å². The van der Waals surface area contributed by atoms with Gasteiger partial charge in [-0.3, -0.25) is 0 Å². The van der Waals surface area contributed by atoms with Crippen molar-refractivity contribution in [2.24, 2.45) is 0 Å². The van der Waals surface area contributed by atoms with Gasteiger partial charge in [-0.1, -0.05) is 72.8 Å². The van der Waals surface area contributed by atoms with Crippen molar-refractivity contribution in [1.82, 2.24) is 0 Å². The Labute approximate surface area is 135 Å². The van der Waals surface area contributed by atoms with Gasteiger partial charge in [0.2, 0.25) is 0 Å². The van der Waals surface area contributed by atoms with Crippen LogP contribution in [-0.2, 0) is 22.6 Å². The first-order valence-electron chi connectivity index (χ1n) is 7.74. The second-order valence-corrected chi connectivity index (χ2v) is 5.68. The van der Waals surface area contributed by atoms with Gasteiger partial charge in [0.25, 0.3) is 0 Å². The molecule has 3 rings (SSSR count). The lowest BCUT2D eigenvalue weighted by Crippen LogP contribution is -2.66. The molecule has 3 heteroatoms. The van der Waals surface area contributed by atoms with Crippen molar-refractivity contribution in [1.29, 1.82) is 0 Å². The van der Waals surface area contributed by atoms with Crippen LogP contribution in [-0.4, -0.2) is 12.0 Å². The molecule has 1 atom stereocenters. The van der Waals surface area contributed by atoms with Crippen molar-refractivity contribution < 1.29 is 15.3 Å². The Morgan fingerprint density at radius 3 is 2.35 bits per heavy atom. The average molecular weight is 306 g/mol. The topological polar surface area (TPSA) is 53.9 Å². The summed E-state index contributed by atoms with van der Waals surface area (Å²) in [6, 6.07) is 23.7. The van der Waals surface area contributed by atoms with Gasteiger partial charge >= 0.3 is 5.97 Å². The van der Waals surface area contributed by atoms with Crippen molar-refractivity contribution in [2.45, 2.75) is 19.1 Å². The van der Waals surface area contributed by atoms with E-state index in [4.69, 9.17) is 4.74 Å². The largest absolute Gasteiger partial charge is 0.456 e. The molecule has 0 radical (unpaired) electrons. The molecular formula is C20H20NO2+. The first-order chi connectivity index (χ1) is 11.2. The maximum atomic E-state index is 12.1. The van der Waals surface area contributed by atoms with Crippen LogP contribution in [0.1, 0.15) is 11.1 Å². The zero-order chi connectivity index (χ0) is 16.1. The van der Waals surface area contributed by atoms with E-state index in [9.17, 15) is 4.79 Å². The number of hydrogen-bond donors (Lipinski definition) is 1. The summed E-state index contributed by atoms with van der Waals surface area (Å²) in [7, 11) is 0. The Morgan fingerprint density at radius 2 is 1.57 bits per heavy atom. The van der Waals surface area contributed by atoms with E-state index >= 15 is 0 Å². The van der Waals surface area contributed by atoms with Gasteiger partial charge in [0, 0.05) is 6.42 Å². The van der Waals surface area contributed by atoms with E-state index in [2.05, 4.69) is 30.0 Å². The van der Waals surface area contributed by atoms with Crippen molar-refractivity contribution in [3.05, 3.63) is 83.9 Å². The molecule has 0 spiro atoms. The molecule has 0 fully saturated rings. The fourth-order valence-corrected chi connectivity index (χ4v) is 2.58. The van der Waals surface area contributed by atoms with E-state index in [0.717, 1.165) is 11.1 Å². The molecule has 3 aromatic carbocycles. The number of carbonyl (C=O) groups is 1. The van der Waals surface area contributed by atoms with Gasteiger partial charge in [-0.25, -0.2) is 4.79 Å². The molecule has 23 heavy (non-hydrogen) atoms. The highest BCUT2D eigenvalue weighted by Gasteiger charge is 2.19. The Hall–Kier alpha value is -2.65. The summed E-state index contributed by atoms with van der Waals surface area (Å²) < 4.78 is 5.35. The van der Waals surface area contributed by atoms with Crippen LogP contribution in [0, 0.1) is 0 Å². The van der Waals surface area contributed by atoms with Crippen molar-refractivity contribution in [3.63, 3.8) is 0 Å². The molecule has 0 aromatic heterocycles. The molecule has 0 saturated heterocycles. The predicted molar refractivity (Wildman–Crippen MR) is 90.6 cm³/mol. The zero-order valence-corrected chi connectivity index (χ0v) is 12.9. The molecule has 0 aliphatic rings. The molecular weight excluding hydrogens is 286 g/mol. The summed E-state index contributed by atoms with van der Waals surface area (Å²) in [5.74, 6) is -0.262. The molecule has 116 valence electrons. The Kier molecular flexibility index (Phi) is 4.69. The Bertz CT molecular complexity index is 799. The molecule has 0 saturated carbocycles. The number of rotatable bonds is 5. The lowest BCUT2D eigenvalue weighted by molar-refractivity contribution is -0.408. The quantitative estimate of drug-likeness (QED) is 0.737. The molecule has 0 aliphatic carbocycles. The van der Waals surface area contributed by atoms with Crippen molar-refractivity contribution >= 4 is 16.7 Å². The summed E-state index contributed by atoms with van der Waals surface area (Å²) >= 11 is 0. The SMILES string of the molecule is [NH3+][C@@H](Cc1ccc2ccccc2c1)C(=O)OCc1ccccc1. The van der Waals surface area contributed by atoms with Crippen LogP contribution in [0.5, 0.6) is 0 Å². The Balaban J connectivity index is 1.60. The smallest absolute Gasteiger partial charge is 0.365 e. The average Bonchev–Trinajstić information content (AvgIpc) is 2.60. The van der Waals surface area contributed by atoms with Crippen LogP contribution in [0.4, 0.5) is 0 Å². The van der Waals surface area contributed by atoms with Crippen LogP contribution >= 0.6 is 0 Å². The predicted octanol–water partition coefficient (Wildman–Crippen LogP) is 2.74. The highest BCUT2D eigenvalue weighted by molar-refractivity contribution is 5.83. The van der Waals surface area contributed by atoms with Crippen molar-refractivity contribution in [2.75, 3.05) is 0 Å². The molecule has 3 N–H and O–H groups in total. The number of benzene rings is 3. The Morgan fingerprint density at radius 1 is 0.870 bits per heavy atom. The fourth-order valence-electron chi connectivity index (χ4n) is 2.58. The van der Waals surface area contributed by atoms with E-state index in [1.165, 1.54) is 10.8 Å². The molecule has 0 bridgehead atoms. The van der Waals surface area contributed by atoms with Gasteiger partial charge in [0.1, 0.15) is 6.61 Å². The maximum absolute atomic E-state index is 12.1. The molecule has 0 aliphatic heterocycles. The summed E-state index contributed by atoms with van der Waals surface area (Å²) in [5.41, 5.74) is 6.03. The number of carbonyl (C=O) groups excluding carboxylic acids is 1. The van der Waals surface area contributed by atoms with Gasteiger partial charge in [-0.15, -0.1) is 0 Å². The minimum atomic E-state index is -0.403. The van der Waals surface area contributed by atoms with E-state index in [1.54, 1.807) is 0 Å². The molecule has 3 aromatic rings. The molecule has 3 nitrogen and oxygen atoms in total. The maximum Gasteiger partial charge on any atom is 0.365 e. The van der Waals surface area contributed by atoms with Crippen molar-refractivity contribution in [3.8, 4) is 0 Å². The van der Waals surface area contributed by atoms with Gasteiger partial charge in [-0.05, 0) is 21.9 Å². The van der Waals surface area contributed by atoms with E-state index < -0.39 is 6.04 Å². The summed E-state index contributed by atoms with van der Waals surface area (Å²) in [5, 5.41) is 2.37. The van der Waals surface area contributed by atoms with E-state index in [-0.39, 0.29) is 5.97 Å². The van der Waals surface area contributed by atoms with Gasteiger partial charge in [0.15, 0.2) is 6.04 Å². The zero-order valence-electron chi connectivity index (χ0n) is 12.9. The molecule has 0 amide bonds. The standard InChI is InChI=1S/C20H19NO2/c21-19(20(22)23-14-15-6-2-1-3-7-15)13-16-10-11-17-8-4-5-9-18(17)12-16/h1-12,19H,13-14,21H2/p+1/t19-/m0/s1. The van der Waals surface area contributed by atoms with E-state index in [1.807, 2.05) is 48.5 Å². The van der Waals surface area contributed by atoms with Crippen LogP contribution in [0.2, 0.25) is 0 Å². The third-order valence-corrected chi connectivity index (χ3v) is 3.85. The fraction of sp³-hybridized carbons (Fsp3) is 0.150. The summed E-state index contributed by atoms with van der Waals surface area (Å²) in [6.07, 6.45) is 0.582. The highest BCUT2D eigenvalue weighted by atomic mass is 16.5. The van der Waals surface area contributed by atoms with Crippen LogP contribution < -0.4 is 5.73 Å². The number of fused-ring (bicyclic) bond motifs is 1. The lowest BCUT2D eigenvalue weighted by Gasteiger charge is -2.10. The second kappa shape index (κ2) is 7.07. The minimum Gasteiger partial charge on any atom is -0.456 e. The van der Waals surface area contributed by atoms with Crippen LogP contribution in [0.25, 0.3) is 10.8 Å². The summed E-state index contributed by atoms with van der Waals surface area (Å²) in [6.45, 7) is 0.295.